The van der Waals surface area contributed by atoms with Crippen molar-refractivity contribution in [1.82, 2.24) is 15.1 Å². The molecule has 21 heavy (non-hydrogen) atoms. The third-order valence-corrected chi connectivity index (χ3v) is 3.91. The summed E-state index contributed by atoms with van der Waals surface area (Å²) in [7, 11) is 0. The molecule has 0 unspecified atom stereocenters. The van der Waals surface area contributed by atoms with Crippen LogP contribution in [0.4, 0.5) is 5.69 Å². The Labute approximate surface area is 143 Å². The smallest absolute Gasteiger partial charge is 0.170 e. The minimum atomic E-state index is 0.453. The molecule has 0 saturated carbocycles. The number of aromatic nitrogens is 2. The summed E-state index contributed by atoms with van der Waals surface area (Å²) in [6.07, 6.45) is 4.26. The number of rotatable bonds is 5. The Morgan fingerprint density at radius 2 is 2.10 bits per heavy atom. The van der Waals surface area contributed by atoms with Gasteiger partial charge in [0.1, 0.15) is 0 Å². The predicted octanol–water partition coefficient (Wildman–Crippen LogP) is 4.22. The Morgan fingerprint density at radius 1 is 1.29 bits per heavy atom. The summed E-state index contributed by atoms with van der Waals surface area (Å²) in [5.74, 6) is 0. The topological polar surface area (TPSA) is 41.9 Å². The van der Waals surface area contributed by atoms with Gasteiger partial charge >= 0.3 is 0 Å². The van der Waals surface area contributed by atoms with E-state index in [1.54, 1.807) is 29.2 Å². The number of halogens is 3. The van der Waals surface area contributed by atoms with Gasteiger partial charge in [0.2, 0.25) is 0 Å². The van der Waals surface area contributed by atoms with Gasteiger partial charge in [-0.2, -0.15) is 5.10 Å². The molecule has 0 radical (unpaired) electrons. The molecule has 1 aromatic heterocycles. The van der Waals surface area contributed by atoms with E-state index in [0.717, 1.165) is 13.0 Å². The maximum Gasteiger partial charge on any atom is 0.170 e. The van der Waals surface area contributed by atoms with E-state index in [1.807, 2.05) is 6.07 Å². The molecular formula is C13H13Cl3N4S. The highest BCUT2D eigenvalue weighted by molar-refractivity contribution is 7.80. The molecule has 112 valence electrons. The number of hydrogen-bond donors (Lipinski definition) is 2. The molecule has 8 heteroatoms. The van der Waals surface area contributed by atoms with E-state index in [2.05, 4.69) is 15.7 Å². The lowest BCUT2D eigenvalue weighted by molar-refractivity contribution is 0.574. The van der Waals surface area contributed by atoms with Crippen molar-refractivity contribution in [3.63, 3.8) is 0 Å². The number of nitrogens with zero attached hydrogens (tertiary/aromatic N) is 2. The Hall–Kier alpha value is -1.01. The van der Waals surface area contributed by atoms with E-state index >= 15 is 0 Å². The molecule has 0 fully saturated rings. The molecule has 2 N–H and O–H groups in total. The zero-order valence-electron chi connectivity index (χ0n) is 10.9. The van der Waals surface area contributed by atoms with Crippen LogP contribution in [0, 0.1) is 0 Å². The van der Waals surface area contributed by atoms with Gasteiger partial charge in [0.05, 0.1) is 27.0 Å². The Morgan fingerprint density at radius 3 is 2.81 bits per heavy atom. The van der Waals surface area contributed by atoms with Gasteiger partial charge in [-0.05, 0) is 30.8 Å². The monoisotopic (exact) mass is 362 g/mol. The molecule has 0 spiro atoms. The fourth-order valence-electron chi connectivity index (χ4n) is 1.67. The lowest BCUT2D eigenvalue weighted by atomic mass is 10.3. The number of benzene rings is 1. The normalized spacial score (nSPS) is 10.4. The molecule has 0 bridgehead atoms. The molecule has 1 aromatic carbocycles. The summed E-state index contributed by atoms with van der Waals surface area (Å²) in [5.41, 5.74) is 0.681. The molecule has 2 rings (SSSR count). The maximum absolute atomic E-state index is 6.08. The van der Waals surface area contributed by atoms with Crippen LogP contribution in [-0.4, -0.2) is 21.4 Å². The van der Waals surface area contributed by atoms with Gasteiger partial charge in [0, 0.05) is 19.3 Å². The maximum atomic E-state index is 6.08. The summed E-state index contributed by atoms with van der Waals surface area (Å²) >= 11 is 23.0. The van der Waals surface area contributed by atoms with Crippen LogP contribution in [0.25, 0.3) is 0 Å². The first-order chi connectivity index (χ1) is 10.1. The number of thiocarbonyl (C=S) groups is 1. The molecule has 0 atom stereocenters. The van der Waals surface area contributed by atoms with Crippen molar-refractivity contribution in [2.24, 2.45) is 0 Å². The number of hydrogen-bond acceptors (Lipinski definition) is 2. The van der Waals surface area contributed by atoms with Gasteiger partial charge in [-0.15, -0.1) is 0 Å². The van der Waals surface area contributed by atoms with Gasteiger partial charge in [0.15, 0.2) is 5.11 Å². The van der Waals surface area contributed by atoms with Crippen molar-refractivity contribution >= 4 is 57.8 Å². The highest BCUT2D eigenvalue weighted by atomic mass is 35.5. The number of aryl methyl sites for hydroxylation is 1. The van der Waals surface area contributed by atoms with Crippen LogP contribution in [0.3, 0.4) is 0 Å². The zero-order chi connectivity index (χ0) is 15.2. The Kier molecular flexibility index (Phi) is 6.11. The van der Waals surface area contributed by atoms with Gasteiger partial charge in [-0.3, -0.25) is 4.68 Å². The molecule has 0 aliphatic rings. The minimum Gasteiger partial charge on any atom is -0.362 e. The zero-order valence-corrected chi connectivity index (χ0v) is 14.0. The summed E-state index contributed by atoms with van der Waals surface area (Å²) < 4.78 is 1.79. The summed E-state index contributed by atoms with van der Waals surface area (Å²) in [6.45, 7) is 1.47. The summed E-state index contributed by atoms with van der Waals surface area (Å²) in [4.78, 5) is 0. The second-order valence-corrected chi connectivity index (χ2v) is 5.89. The predicted molar refractivity (Wildman–Crippen MR) is 92.5 cm³/mol. The Balaban J connectivity index is 1.73. The molecule has 2 aromatic rings. The van der Waals surface area contributed by atoms with E-state index in [1.165, 1.54) is 0 Å². The highest BCUT2D eigenvalue weighted by Gasteiger charge is 2.05. The van der Waals surface area contributed by atoms with Gasteiger partial charge < -0.3 is 10.6 Å². The summed E-state index contributed by atoms with van der Waals surface area (Å²) in [6, 6.07) is 5.34. The average molecular weight is 364 g/mol. The van der Waals surface area contributed by atoms with Crippen LogP contribution in [-0.2, 0) is 6.54 Å². The van der Waals surface area contributed by atoms with Crippen molar-refractivity contribution < 1.29 is 0 Å². The van der Waals surface area contributed by atoms with E-state index < -0.39 is 0 Å². The van der Waals surface area contributed by atoms with Crippen LogP contribution < -0.4 is 10.6 Å². The first kappa shape index (κ1) is 16.4. The molecule has 4 nitrogen and oxygen atoms in total. The van der Waals surface area contributed by atoms with Crippen molar-refractivity contribution in [3.8, 4) is 0 Å². The second kappa shape index (κ2) is 7.84. The van der Waals surface area contributed by atoms with Crippen LogP contribution in [0.5, 0.6) is 0 Å². The van der Waals surface area contributed by atoms with Crippen molar-refractivity contribution in [3.05, 3.63) is 45.7 Å². The van der Waals surface area contributed by atoms with E-state index in [0.29, 0.717) is 32.4 Å². The molecule has 0 saturated heterocycles. The van der Waals surface area contributed by atoms with Crippen LogP contribution >= 0.6 is 47.0 Å². The van der Waals surface area contributed by atoms with E-state index in [-0.39, 0.29) is 0 Å². The molecule has 1 heterocycles. The third kappa shape index (κ3) is 5.04. The molecule has 0 aliphatic carbocycles. The van der Waals surface area contributed by atoms with Crippen molar-refractivity contribution in [2.75, 3.05) is 11.9 Å². The van der Waals surface area contributed by atoms with Crippen LogP contribution in [0.2, 0.25) is 15.1 Å². The highest BCUT2D eigenvalue weighted by Crippen LogP contribution is 2.29. The van der Waals surface area contributed by atoms with Gasteiger partial charge in [-0.25, -0.2) is 0 Å². The van der Waals surface area contributed by atoms with E-state index in [4.69, 9.17) is 47.0 Å². The minimum absolute atomic E-state index is 0.453. The Bertz CT molecular complexity index is 630. The summed E-state index contributed by atoms with van der Waals surface area (Å²) in [5, 5.41) is 12.3. The molecule has 0 aliphatic heterocycles. The average Bonchev–Trinajstić information content (AvgIpc) is 2.86. The van der Waals surface area contributed by atoms with Crippen molar-refractivity contribution in [1.29, 1.82) is 0 Å². The lowest BCUT2D eigenvalue weighted by Gasteiger charge is -2.12. The SMILES string of the molecule is S=C(NCCCn1cc(Cl)cn1)Nc1cccc(Cl)c1Cl. The third-order valence-electron chi connectivity index (χ3n) is 2.65. The fraction of sp³-hybridized carbons (Fsp3) is 0.231. The standard InChI is InChI=1S/C13H13Cl3N4S/c14-9-7-18-20(8-9)6-2-5-17-13(21)19-11-4-1-3-10(15)12(11)16/h1,3-4,7-8H,2,5-6H2,(H2,17,19,21). The largest absolute Gasteiger partial charge is 0.362 e. The van der Waals surface area contributed by atoms with Crippen molar-refractivity contribution in [2.45, 2.75) is 13.0 Å². The van der Waals surface area contributed by atoms with Gasteiger partial charge in [-0.1, -0.05) is 40.9 Å². The number of nitrogens with one attached hydrogen (secondary N) is 2. The first-order valence-corrected chi connectivity index (χ1v) is 7.77. The fourth-order valence-corrected chi connectivity index (χ4v) is 2.39. The lowest BCUT2D eigenvalue weighted by Crippen LogP contribution is -2.29. The van der Waals surface area contributed by atoms with Gasteiger partial charge in [0.25, 0.3) is 0 Å². The molecule has 0 amide bonds. The number of anilines is 1. The quantitative estimate of drug-likeness (QED) is 0.616. The second-order valence-electron chi connectivity index (χ2n) is 4.26. The van der Waals surface area contributed by atoms with Crippen LogP contribution in [0.15, 0.2) is 30.6 Å². The van der Waals surface area contributed by atoms with E-state index in [9.17, 15) is 0 Å². The van der Waals surface area contributed by atoms with Crippen LogP contribution in [0.1, 0.15) is 6.42 Å². The first-order valence-electron chi connectivity index (χ1n) is 6.23. The molecular weight excluding hydrogens is 351 g/mol.